The van der Waals surface area contributed by atoms with Crippen molar-refractivity contribution in [1.82, 2.24) is 9.21 Å². The molecule has 2 atom stereocenters. The van der Waals surface area contributed by atoms with E-state index in [9.17, 15) is 8.78 Å². The Kier molecular flexibility index (Phi) is 5.45. The summed E-state index contributed by atoms with van der Waals surface area (Å²) in [4.78, 5) is 3.69. The minimum atomic E-state index is -2.77. The van der Waals surface area contributed by atoms with Gasteiger partial charge in [0.2, 0.25) is 0 Å². The Morgan fingerprint density at radius 2 is 1.68 bits per heavy atom. The quantitative estimate of drug-likeness (QED) is 0.741. The van der Waals surface area contributed by atoms with E-state index in [-0.39, 0.29) is 5.75 Å². The summed E-state index contributed by atoms with van der Waals surface area (Å²) in [7, 11) is 0. The van der Waals surface area contributed by atoms with E-state index in [1.165, 1.54) is 12.8 Å². The third kappa shape index (κ3) is 4.27. The zero-order valence-electron chi connectivity index (χ0n) is 14.2. The van der Waals surface area contributed by atoms with Crippen LogP contribution in [0.15, 0.2) is 29.2 Å². The fourth-order valence-electron chi connectivity index (χ4n) is 4.37. The molecule has 138 valence electrons. The topological polar surface area (TPSA) is 24.9 Å². The summed E-state index contributed by atoms with van der Waals surface area (Å²) in [5.74, 6) is 1.77. The molecule has 2 saturated heterocycles. The zero-order valence-corrected chi connectivity index (χ0v) is 15.0. The number of rotatable bonds is 5. The summed E-state index contributed by atoms with van der Waals surface area (Å²) in [5.41, 5.74) is 0. The fraction of sp³-hybridized carbons (Fsp3) is 0.667. The number of benzene rings is 1. The molecule has 2 aliphatic heterocycles. The van der Waals surface area contributed by atoms with E-state index >= 15 is 0 Å². The normalized spacial score (nSPS) is 30.8. The summed E-state index contributed by atoms with van der Waals surface area (Å²) in [5, 5.41) is 0. The first-order chi connectivity index (χ1) is 12.2. The van der Waals surface area contributed by atoms with Gasteiger partial charge in [0, 0.05) is 37.1 Å². The number of halogens is 2. The van der Waals surface area contributed by atoms with Gasteiger partial charge in [-0.1, -0.05) is 0 Å². The molecule has 2 unspecified atom stereocenters. The van der Waals surface area contributed by atoms with Crippen LogP contribution >= 0.6 is 11.9 Å². The molecule has 0 amide bonds. The van der Waals surface area contributed by atoms with Gasteiger partial charge in [0.1, 0.15) is 5.75 Å². The Bertz CT molecular complexity index is 555. The third-order valence-corrected chi connectivity index (χ3v) is 6.58. The van der Waals surface area contributed by atoms with Crippen molar-refractivity contribution < 1.29 is 18.3 Å². The zero-order chi connectivity index (χ0) is 17.2. The van der Waals surface area contributed by atoms with Crippen LogP contribution in [0, 0.1) is 11.8 Å². The molecule has 1 aromatic rings. The van der Waals surface area contributed by atoms with Crippen LogP contribution in [0.5, 0.6) is 5.75 Å². The van der Waals surface area contributed by atoms with Gasteiger partial charge in [0.05, 0.1) is 13.2 Å². The summed E-state index contributed by atoms with van der Waals surface area (Å²) < 4.78 is 36.7. The van der Waals surface area contributed by atoms with Gasteiger partial charge >= 0.3 is 6.61 Å². The maximum atomic E-state index is 12.2. The second-order valence-electron chi connectivity index (χ2n) is 7.08. The Balaban J connectivity index is 1.27. The van der Waals surface area contributed by atoms with Crippen molar-refractivity contribution in [2.24, 2.45) is 11.8 Å². The summed E-state index contributed by atoms with van der Waals surface area (Å²) in [6, 6.07) is 7.66. The predicted molar refractivity (Wildman–Crippen MR) is 92.9 cm³/mol. The number of hydrogen-bond acceptors (Lipinski definition) is 5. The van der Waals surface area contributed by atoms with Crippen molar-refractivity contribution in [3.63, 3.8) is 0 Å². The van der Waals surface area contributed by atoms with Gasteiger partial charge in [-0.15, -0.1) is 0 Å². The average Bonchev–Trinajstić information content (AvgIpc) is 3.15. The van der Waals surface area contributed by atoms with Crippen molar-refractivity contribution in [2.75, 3.05) is 39.4 Å². The number of hydrogen-bond donors (Lipinski definition) is 0. The van der Waals surface area contributed by atoms with Gasteiger partial charge in [-0.3, -0.25) is 4.90 Å². The molecule has 4 rings (SSSR count). The highest BCUT2D eigenvalue weighted by Crippen LogP contribution is 2.43. The summed E-state index contributed by atoms with van der Waals surface area (Å²) in [6.07, 6.45) is 2.59. The molecule has 0 N–H and O–H groups in total. The smallest absolute Gasteiger partial charge is 0.387 e. The van der Waals surface area contributed by atoms with E-state index in [2.05, 4.69) is 13.9 Å². The summed E-state index contributed by atoms with van der Waals surface area (Å²) in [6.45, 7) is 3.37. The second-order valence-corrected chi connectivity index (χ2v) is 8.25. The Labute approximate surface area is 151 Å². The minimum absolute atomic E-state index is 0.214. The molecule has 1 aromatic carbocycles. The van der Waals surface area contributed by atoms with Gasteiger partial charge in [-0.25, -0.2) is 4.31 Å². The van der Waals surface area contributed by atoms with Gasteiger partial charge in [-0.2, -0.15) is 8.78 Å². The number of alkyl halides is 2. The van der Waals surface area contributed by atoms with Crippen LogP contribution in [0.4, 0.5) is 8.78 Å². The molecule has 1 aliphatic carbocycles. The number of morpholine rings is 1. The fourth-order valence-corrected chi connectivity index (χ4v) is 5.46. The maximum absolute atomic E-state index is 12.2. The van der Waals surface area contributed by atoms with Crippen molar-refractivity contribution in [2.45, 2.75) is 30.4 Å². The van der Waals surface area contributed by atoms with Crippen molar-refractivity contribution in [1.29, 1.82) is 0 Å². The Morgan fingerprint density at radius 3 is 2.28 bits per heavy atom. The molecule has 1 saturated carbocycles. The highest BCUT2D eigenvalue weighted by molar-refractivity contribution is 7.97. The SMILES string of the molecule is FC(F)Oc1ccc(SN2CC3CC(N4CCOCC4)CC3C2)cc1. The Morgan fingerprint density at radius 1 is 1.04 bits per heavy atom. The first-order valence-corrected chi connectivity index (χ1v) is 9.74. The lowest BCUT2D eigenvalue weighted by atomic mass is 10.0. The van der Waals surface area contributed by atoms with Gasteiger partial charge in [0.15, 0.2) is 0 Å². The molecule has 7 heteroatoms. The third-order valence-electron chi connectivity index (χ3n) is 5.54. The molecule has 0 aromatic heterocycles. The molecule has 0 bridgehead atoms. The van der Waals surface area contributed by atoms with Crippen LogP contribution < -0.4 is 4.74 Å². The van der Waals surface area contributed by atoms with E-state index < -0.39 is 6.61 Å². The first kappa shape index (κ1) is 17.5. The van der Waals surface area contributed by atoms with Crippen LogP contribution in [0.2, 0.25) is 0 Å². The van der Waals surface area contributed by atoms with Crippen LogP contribution in [-0.4, -0.2) is 61.3 Å². The van der Waals surface area contributed by atoms with Crippen LogP contribution in [-0.2, 0) is 4.74 Å². The monoisotopic (exact) mass is 370 g/mol. The van der Waals surface area contributed by atoms with Crippen LogP contribution in [0.1, 0.15) is 12.8 Å². The van der Waals surface area contributed by atoms with E-state index in [4.69, 9.17) is 4.74 Å². The van der Waals surface area contributed by atoms with Crippen molar-refractivity contribution >= 4 is 11.9 Å². The van der Waals surface area contributed by atoms with Crippen LogP contribution in [0.3, 0.4) is 0 Å². The summed E-state index contributed by atoms with van der Waals surface area (Å²) >= 11 is 1.73. The lowest BCUT2D eigenvalue weighted by Gasteiger charge is -2.33. The van der Waals surface area contributed by atoms with Crippen molar-refractivity contribution in [3.8, 4) is 5.75 Å². The highest BCUT2D eigenvalue weighted by Gasteiger charge is 2.43. The first-order valence-electron chi connectivity index (χ1n) is 8.97. The molecule has 2 heterocycles. The van der Waals surface area contributed by atoms with Crippen LogP contribution in [0.25, 0.3) is 0 Å². The average molecular weight is 370 g/mol. The molecule has 25 heavy (non-hydrogen) atoms. The standard InChI is InChI=1S/C18H24F2N2O2S/c19-18(20)24-16-1-3-17(4-2-16)25-22-11-13-9-15(10-14(13)12-22)21-5-7-23-8-6-21/h1-4,13-15,18H,5-12H2. The molecular weight excluding hydrogens is 346 g/mol. The largest absolute Gasteiger partial charge is 0.435 e. The molecule has 0 radical (unpaired) electrons. The van der Waals surface area contributed by atoms with E-state index in [0.29, 0.717) is 0 Å². The lowest BCUT2D eigenvalue weighted by Crippen LogP contribution is -2.43. The molecular formula is C18H24F2N2O2S. The number of ether oxygens (including phenoxy) is 2. The van der Waals surface area contributed by atoms with Gasteiger partial charge in [0.25, 0.3) is 0 Å². The molecule has 0 spiro atoms. The van der Waals surface area contributed by atoms with Crippen molar-refractivity contribution in [3.05, 3.63) is 24.3 Å². The molecule has 3 aliphatic rings. The Hall–Kier alpha value is -0.890. The molecule has 4 nitrogen and oxygen atoms in total. The lowest BCUT2D eigenvalue weighted by molar-refractivity contribution is -0.0498. The van der Waals surface area contributed by atoms with Gasteiger partial charge in [-0.05, 0) is 60.9 Å². The number of nitrogens with zero attached hydrogens (tertiary/aromatic N) is 2. The predicted octanol–water partition coefficient (Wildman–Crippen LogP) is 3.34. The highest BCUT2D eigenvalue weighted by atomic mass is 32.2. The number of fused-ring (bicyclic) bond motifs is 1. The molecule has 3 fully saturated rings. The second kappa shape index (κ2) is 7.78. The minimum Gasteiger partial charge on any atom is -0.435 e. The van der Waals surface area contributed by atoms with E-state index in [0.717, 1.165) is 62.2 Å². The van der Waals surface area contributed by atoms with Gasteiger partial charge < -0.3 is 9.47 Å². The van der Waals surface area contributed by atoms with E-state index in [1.54, 1.807) is 24.1 Å². The van der Waals surface area contributed by atoms with E-state index in [1.807, 2.05) is 12.1 Å². The maximum Gasteiger partial charge on any atom is 0.387 e.